The van der Waals surface area contributed by atoms with Crippen molar-refractivity contribution in [3.63, 3.8) is 0 Å². The first-order valence-electron chi connectivity index (χ1n) is 6.44. The Hall–Kier alpha value is -0.160. The highest BCUT2D eigenvalue weighted by atomic mass is 16.5. The lowest BCUT2D eigenvalue weighted by molar-refractivity contribution is 0.0411. The molecule has 4 heteroatoms. The Bertz CT molecular complexity index is 172. The monoisotopic (exact) mass is 230 g/mol. The van der Waals surface area contributed by atoms with Crippen molar-refractivity contribution in [2.75, 3.05) is 39.4 Å². The van der Waals surface area contributed by atoms with Crippen LogP contribution in [0.3, 0.4) is 0 Å². The molecule has 1 fully saturated rings. The molecule has 16 heavy (non-hydrogen) atoms. The Morgan fingerprint density at radius 3 is 2.69 bits per heavy atom. The van der Waals surface area contributed by atoms with Gasteiger partial charge in [-0.3, -0.25) is 0 Å². The number of rotatable bonds is 8. The number of hydrogen-bond acceptors (Lipinski definition) is 4. The van der Waals surface area contributed by atoms with E-state index in [1.165, 1.54) is 25.9 Å². The first-order valence-corrected chi connectivity index (χ1v) is 6.44. The van der Waals surface area contributed by atoms with E-state index < -0.39 is 0 Å². The van der Waals surface area contributed by atoms with Crippen molar-refractivity contribution >= 4 is 0 Å². The number of aliphatic hydroxyl groups excluding tert-OH is 1. The van der Waals surface area contributed by atoms with Crippen LogP contribution in [0.4, 0.5) is 0 Å². The third-order valence-electron chi connectivity index (χ3n) is 2.95. The van der Waals surface area contributed by atoms with Crippen LogP contribution in [0.15, 0.2) is 0 Å². The van der Waals surface area contributed by atoms with Crippen LogP contribution >= 0.6 is 0 Å². The van der Waals surface area contributed by atoms with Gasteiger partial charge in [0.1, 0.15) is 0 Å². The molecule has 0 saturated carbocycles. The first-order chi connectivity index (χ1) is 7.72. The first kappa shape index (κ1) is 13.9. The van der Waals surface area contributed by atoms with Crippen LogP contribution in [0.5, 0.6) is 0 Å². The molecule has 4 nitrogen and oxygen atoms in total. The highest BCUT2D eigenvalue weighted by Crippen LogP contribution is 2.07. The lowest BCUT2D eigenvalue weighted by atomic mass is 10.3. The van der Waals surface area contributed by atoms with Gasteiger partial charge in [0.2, 0.25) is 0 Å². The van der Waals surface area contributed by atoms with Crippen LogP contribution < -0.4 is 5.32 Å². The number of nitrogens with one attached hydrogen (secondary N) is 1. The molecule has 0 aromatic carbocycles. The van der Waals surface area contributed by atoms with Crippen LogP contribution in [0.1, 0.15) is 26.7 Å². The van der Waals surface area contributed by atoms with Gasteiger partial charge in [-0.15, -0.1) is 0 Å². The van der Waals surface area contributed by atoms with Gasteiger partial charge in [-0.05, 0) is 39.8 Å². The van der Waals surface area contributed by atoms with Crippen molar-refractivity contribution < 1.29 is 9.84 Å². The lowest BCUT2D eigenvalue weighted by Crippen LogP contribution is -2.42. The van der Waals surface area contributed by atoms with E-state index in [0.717, 1.165) is 6.54 Å². The van der Waals surface area contributed by atoms with E-state index in [4.69, 9.17) is 4.74 Å². The standard InChI is InChI=1S/C12H26N2O2/c1-3-16-10-12(15)8-13-11(2)9-14-6-4-5-7-14/h11-13,15H,3-10H2,1-2H3. The largest absolute Gasteiger partial charge is 0.389 e. The highest BCUT2D eigenvalue weighted by Gasteiger charge is 2.14. The van der Waals surface area contributed by atoms with Crippen LogP contribution in [0.25, 0.3) is 0 Å². The van der Waals surface area contributed by atoms with Gasteiger partial charge >= 0.3 is 0 Å². The van der Waals surface area contributed by atoms with E-state index >= 15 is 0 Å². The summed E-state index contributed by atoms with van der Waals surface area (Å²) < 4.78 is 5.16. The summed E-state index contributed by atoms with van der Waals surface area (Å²) in [6, 6.07) is 0.439. The molecule has 2 atom stereocenters. The second-order valence-corrected chi connectivity index (χ2v) is 4.63. The lowest BCUT2D eigenvalue weighted by Gasteiger charge is -2.22. The molecule has 1 aliphatic rings. The molecule has 0 amide bonds. The van der Waals surface area contributed by atoms with Crippen molar-refractivity contribution in [1.82, 2.24) is 10.2 Å². The van der Waals surface area contributed by atoms with E-state index in [2.05, 4.69) is 17.1 Å². The maximum atomic E-state index is 9.59. The minimum absolute atomic E-state index is 0.388. The zero-order chi connectivity index (χ0) is 11.8. The van der Waals surface area contributed by atoms with Crippen molar-refractivity contribution in [2.45, 2.75) is 38.8 Å². The maximum absolute atomic E-state index is 9.59. The summed E-state index contributed by atoms with van der Waals surface area (Å²) in [5.74, 6) is 0. The number of hydrogen-bond donors (Lipinski definition) is 2. The number of ether oxygens (including phenoxy) is 1. The molecule has 2 unspecified atom stereocenters. The number of nitrogens with zero attached hydrogens (tertiary/aromatic N) is 1. The van der Waals surface area contributed by atoms with E-state index in [0.29, 0.717) is 25.8 Å². The molecule has 1 aliphatic heterocycles. The van der Waals surface area contributed by atoms with Crippen LogP contribution in [-0.2, 0) is 4.74 Å². The summed E-state index contributed by atoms with van der Waals surface area (Å²) in [7, 11) is 0. The van der Waals surface area contributed by atoms with Gasteiger partial charge in [-0.1, -0.05) is 0 Å². The van der Waals surface area contributed by atoms with E-state index in [1.807, 2.05) is 6.92 Å². The molecular weight excluding hydrogens is 204 g/mol. The fourth-order valence-electron chi connectivity index (χ4n) is 2.07. The molecule has 0 radical (unpaired) electrons. The molecule has 2 N–H and O–H groups in total. The Morgan fingerprint density at radius 1 is 1.38 bits per heavy atom. The van der Waals surface area contributed by atoms with Gasteiger partial charge in [0.25, 0.3) is 0 Å². The minimum Gasteiger partial charge on any atom is -0.389 e. The molecule has 1 saturated heterocycles. The summed E-state index contributed by atoms with van der Waals surface area (Å²) >= 11 is 0. The van der Waals surface area contributed by atoms with Gasteiger partial charge in [0.15, 0.2) is 0 Å². The quantitative estimate of drug-likeness (QED) is 0.636. The molecular formula is C12H26N2O2. The van der Waals surface area contributed by atoms with E-state index in [-0.39, 0.29) is 6.10 Å². The van der Waals surface area contributed by atoms with Crippen LogP contribution in [0.2, 0.25) is 0 Å². The van der Waals surface area contributed by atoms with Crippen molar-refractivity contribution in [3.8, 4) is 0 Å². The zero-order valence-corrected chi connectivity index (χ0v) is 10.6. The zero-order valence-electron chi connectivity index (χ0n) is 10.6. The third-order valence-corrected chi connectivity index (χ3v) is 2.95. The van der Waals surface area contributed by atoms with Crippen LogP contribution in [0, 0.1) is 0 Å². The Labute approximate surface area is 99.0 Å². The second kappa shape index (κ2) is 8.01. The highest BCUT2D eigenvalue weighted by molar-refractivity contribution is 4.73. The Kier molecular flexibility index (Phi) is 6.96. The van der Waals surface area contributed by atoms with Gasteiger partial charge < -0.3 is 20.1 Å². The predicted molar refractivity (Wildman–Crippen MR) is 65.6 cm³/mol. The van der Waals surface area contributed by atoms with Crippen molar-refractivity contribution in [1.29, 1.82) is 0 Å². The fourth-order valence-corrected chi connectivity index (χ4v) is 2.07. The van der Waals surface area contributed by atoms with Crippen LogP contribution in [-0.4, -0.2) is 61.5 Å². The molecule has 0 aliphatic carbocycles. The SMILES string of the molecule is CCOCC(O)CNC(C)CN1CCCC1. The molecule has 0 aromatic rings. The maximum Gasteiger partial charge on any atom is 0.0897 e. The molecule has 0 spiro atoms. The normalized spacial score (nSPS) is 21.2. The molecule has 1 rings (SSSR count). The van der Waals surface area contributed by atoms with Gasteiger partial charge in [-0.2, -0.15) is 0 Å². The van der Waals surface area contributed by atoms with E-state index in [9.17, 15) is 5.11 Å². The average molecular weight is 230 g/mol. The molecule has 0 aromatic heterocycles. The fraction of sp³-hybridized carbons (Fsp3) is 1.00. The molecule has 0 bridgehead atoms. The van der Waals surface area contributed by atoms with Crippen molar-refractivity contribution in [2.24, 2.45) is 0 Å². The molecule has 96 valence electrons. The third kappa shape index (κ3) is 5.80. The van der Waals surface area contributed by atoms with E-state index in [1.54, 1.807) is 0 Å². The van der Waals surface area contributed by atoms with Gasteiger partial charge in [0, 0.05) is 25.7 Å². The smallest absolute Gasteiger partial charge is 0.0897 e. The topological polar surface area (TPSA) is 44.7 Å². The second-order valence-electron chi connectivity index (χ2n) is 4.63. The summed E-state index contributed by atoms with van der Waals surface area (Å²) in [5.41, 5.74) is 0. The summed E-state index contributed by atoms with van der Waals surface area (Å²) in [5, 5.41) is 12.9. The number of aliphatic hydroxyl groups is 1. The summed E-state index contributed by atoms with van der Waals surface area (Å²) in [6.45, 7) is 9.37. The summed E-state index contributed by atoms with van der Waals surface area (Å²) in [4.78, 5) is 2.48. The predicted octanol–water partition coefficient (Wildman–Crippen LogP) is 0.458. The van der Waals surface area contributed by atoms with Gasteiger partial charge in [-0.25, -0.2) is 0 Å². The van der Waals surface area contributed by atoms with Gasteiger partial charge in [0.05, 0.1) is 12.7 Å². The van der Waals surface area contributed by atoms with Crippen molar-refractivity contribution in [3.05, 3.63) is 0 Å². The number of likely N-dealkylation sites (tertiary alicyclic amines) is 1. The average Bonchev–Trinajstić information content (AvgIpc) is 2.76. The Balaban J connectivity index is 2.02. The molecule has 1 heterocycles. The summed E-state index contributed by atoms with van der Waals surface area (Å²) in [6.07, 6.45) is 2.28. The minimum atomic E-state index is -0.388. The Morgan fingerprint density at radius 2 is 2.06 bits per heavy atom.